The average Bonchev–Trinajstić information content (AvgIpc) is 3.53. The van der Waals surface area contributed by atoms with E-state index in [1.54, 1.807) is 7.11 Å². The highest BCUT2D eigenvalue weighted by Gasteiger charge is 2.37. The summed E-state index contributed by atoms with van der Waals surface area (Å²) < 4.78 is 26.8. The van der Waals surface area contributed by atoms with Crippen molar-refractivity contribution >= 4 is 16.9 Å². The van der Waals surface area contributed by atoms with Crippen molar-refractivity contribution in [1.82, 2.24) is 19.8 Å². The minimum absolute atomic E-state index is 0.0186. The van der Waals surface area contributed by atoms with Gasteiger partial charge in [0.25, 0.3) is 5.91 Å². The maximum Gasteiger partial charge on any atom is 0.253 e. The van der Waals surface area contributed by atoms with Gasteiger partial charge in [0.2, 0.25) is 0 Å². The van der Waals surface area contributed by atoms with Crippen LogP contribution in [0.4, 0.5) is 4.39 Å². The summed E-state index contributed by atoms with van der Waals surface area (Å²) in [5.41, 5.74) is 1.69. The summed E-state index contributed by atoms with van der Waals surface area (Å²) in [5.74, 6) is -0.343. The second-order valence-corrected chi connectivity index (χ2v) is 7.83. The molecule has 0 aromatic carbocycles. The number of methoxy groups -OCH3 is 1. The van der Waals surface area contributed by atoms with E-state index in [0.29, 0.717) is 26.3 Å². The zero-order chi connectivity index (χ0) is 20.2. The average molecular weight is 404 g/mol. The number of hydrogen-bond donors (Lipinski definition) is 1. The van der Waals surface area contributed by atoms with Gasteiger partial charge in [0.1, 0.15) is 17.6 Å². The Kier molecular flexibility index (Phi) is 6.42. The number of unbranched alkanes of at least 4 members (excludes halogenated alkanes) is 1. The quantitative estimate of drug-likeness (QED) is 0.648. The van der Waals surface area contributed by atoms with E-state index in [0.717, 1.165) is 55.4 Å². The molecule has 158 valence electrons. The first-order chi connectivity index (χ1) is 14.2. The lowest BCUT2D eigenvalue weighted by Gasteiger charge is -2.30. The van der Waals surface area contributed by atoms with Crippen molar-refractivity contribution in [2.45, 2.75) is 50.9 Å². The summed E-state index contributed by atoms with van der Waals surface area (Å²) in [6, 6.07) is 1.77. The predicted molar refractivity (Wildman–Crippen MR) is 107 cm³/mol. The van der Waals surface area contributed by atoms with Crippen molar-refractivity contribution in [2.75, 3.05) is 33.4 Å². The lowest BCUT2D eigenvalue weighted by Crippen LogP contribution is -2.49. The Hall–Kier alpha value is -2.03. The van der Waals surface area contributed by atoms with Crippen molar-refractivity contribution < 1.29 is 18.7 Å². The normalized spacial score (nSPS) is 19.6. The molecule has 1 saturated carbocycles. The van der Waals surface area contributed by atoms with Crippen molar-refractivity contribution in [1.29, 1.82) is 0 Å². The van der Waals surface area contributed by atoms with Gasteiger partial charge in [-0.05, 0) is 37.3 Å². The van der Waals surface area contributed by atoms with Gasteiger partial charge in [0.15, 0.2) is 0 Å². The summed E-state index contributed by atoms with van der Waals surface area (Å²) in [7, 11) is 1.70. The van der Waals surface area contributed by atoms with E-state index < -0.39 is 6.10 Å². The third-order valence-corrected chi connectivity index (χ3v) is 5.57. The number of aryl methyl sites for hydroxylation is 1. The Morgan fingerprint density at radius 3 is 3.03 bits per heavy atom. The third-order valence-electron chi connectivity index (χ3n) is 5.57. The smallest absolute Gasteiger partial charge is 0.253 e. The van der Waals surface area contributed by atoms with Gasteiger partial charge in [-0.1, -0.05) is 0 Å². The van der Waals surface area contributed by atoms with Crippen LogP contribution in [0.3, 0.4) is 0 Å². The zero-order valence-corrected chi connectivity index (χ0v) is 16.9. The molecule has 1 N–H and O–H groups in total. The fraction of sp³-hybridized carbons (Fsp3) is 0.619. The van der Waals surface area contributed by atoms with Crippen molar-refractivity contribution in [3.8, 4) is 0 Å². The zero-order valence-electron chi connectivity index (χ0n) is 16.9. The van der Waals surface area contributed by atoms with Crippen molar-refractivity contribution in [3.05, 3.63) is 29.8 Å². The van der Waals surface area contributed by atoms with E-state index in [4.69, 9.17) is 9.47 Å². The molecule has 0 spiro atoms. The molecule has 1 aliphatic carbocycles. The molecule has 4 rings (SSSR count). The van der Waals surface area contributed by atoms with Gasteiger partial charge in [0.05, 0.1) is 12.8 Å². The number of rotatable bonds is 9. The number of pyridine rings is 1. The van der Waals surface area contributed by atoms with E-state index in [9.17, 15) is 9.18 Å². The summed E-state index contributed by atoms with van der Waals surface area (Å²) >= 11 is 0. The first kappa shape index (κ1) is 20.3. The first-order valence-electron chi connectivity index (χ1n) is 10.4. The van der Waals surface area contributed by atoms with Crippen LogP contribution in [0.1, 0.15) is 31.2 Å². The largest absolute Gasteiger partial charge is 0.385 e. The molecular weight excluding hydrogens is 375 g/mol. The highest BCUT2D eigenvalue weighted by molar-refractivity contribution is 5.84. The molecule has 1 atom stereocenters. The predicted octanol–water partition coefficient (Wildman–Crippen LogP) is 2.08. The SMILES string of the molecule is COCCCCn1cc(CN(C(=O)[C@H]2CNCCO2)C2CC2)c2cc(F)cnc21. The van der Waals surface area contributed by atoms with Gasteiger partial charge in [-0.25, -0.2) is 9.37 Å². The number of hydrogen-bond acceptors (Lipinski definition) is 5. The van der Waals surface area contributed by atoms with Gasteiger partial charge >= 0.3 is 0 Å². The van der Waals surface area contributed by atoms with E-state index in [1.165, 1.54) is 12.3 Å². The summed E-state index contributed by atoms with van der Waals surface area (Å²) in [6.07, 6.45) is 6.74. The van der Waals surface area contributed by atoms with E-state index >= 15 is 0 Å². The van der Waals surface area contributed by atoms with Gasteiger partial charge in [-0.3, -0.25) is 4.79 Å². The fourth-order valence-corrected chi connectivity index (χ4v) is 3.91. The van der Waals surface area contributed by atoms with Crippen LogP contribution in [-0.2, 0) is 27.4 Å². The molecule has 0 bridgehead atoms. The Labute approximate surface area is 170 Å². The molecule has 29 heavy (non-hydrogen) atoms. The fourth-order valence-electron chi connectivity index (χ4n) is 3.91. The summed E-state index contributed by atoms with van der Waals surface area (Å²) in [6.45, 7) is 3.81. The lowest BCUT2D eigenvalue weighted by molar-refractivity contribution is -0.146. The lowest BCUT2D eigenvalue weighted by atomic mass is 10.2. The third kappa shape index (κ3) is 4.76. The summed E-state index contributed by atoms with van der Waals surface area (Å²) in [4.78, 5) is 19.3. The Bertz CT molecular complexity index is 846. The van der Waals surface area contributed by atoms with Crippen molar-refractivity contribution in [3.63, 3.8) is 0 Å². The number of nitrogens with zero attached hydrogens (tertiary/aromatic N) is 3. The van der Waals surface area contributed by atoms with E-state index in [-0.39, 0.29) is 17.8 Å². The van der Waals surface area contributed by atoms with Crippen LogP contribution in [0.5, 0.6) is 0 Å². The van der Waals surface area contributed by atoms with Crippen LogP contribution in [-0.4, -0.2) is 65.9 Å². The van der Waals surface area contributed by atoms with Crippen LogP contribution in [0.2, 0.25) is 0 Å². The van der Waals surface area contributed by atoms with Crippen LogP contribution < -0.4 is 5.32 Å². The molecule has 1 aliphatic heterocycles. The van der Waals surface area contributed by atoms with Gasteiger partial charge in [0, 0.05) is 57.5 Å². The van der Waals surface area contributed by atoms with Crippen LogP contribution in [0, 0.1) is 5.82 Å². The number of amides is 1. The topological polar surface area (TPSA) is 68.6 Å². The molecule has 1 saturated heterocycles. The van der Waals surface area contributed by atoms with Gasteiger partial charge in [-0.2, -0.15) is 0 Å². The Morgan fingerprint density at radius 2 is 2.31 bits per heavy atom. The highest BCUT2D eigenvalue weighted by atomic mass is 19.1. The number of morpholine rings is 1. The van der Waals surface area contributed by atoms with Crippen LogP contribution in [0.25, 0.3) is 11.0 Å². The molecule has 2 fully saturated rings. The van der Waals surface area contributed by atoms with Gasteiger partial charge < -0.3 is 24.3 Å². The van der Waals surface area contributed by atoms with Crippen LogP contribution >= 0.6 is 0 Å². The number of carbonyl (C=O) groups excluding carboxylic acids is 1. The van der Waals surface area contributed by atoms with E-state index in [1.807, 2.05) is 11.1 Å². The number of carbonyl (C=O) groups is 1. The molecule has 7 nitrogen and oxygen atoms in total. The minimum Gasteiger partial charge on any atom is -0.385 e. The highest BCUT2D eigenvalue weighted by Crippen LogP contribution is 2.31. The molecule has 8 heteroatoms. The molecule has 1 amide bonds. The molecule has 2 aromatic rings. The van der Waals surface area contributed by atoms with Crippen molar-refractivity contribution in [2.24, 2.45) is 0 Å². The second-order valence-electron chi connectivity index (χ2n) is 7.83. The Balaban J connectivity index is 1.56. The van der Waals surface area contributed by atoms with Gasteiger partial charge in [-0.15, -0.1) is 0 Å². The molecule has 0 unspecified atom stereocenters. The molecule has 0 radical (unpaired) electrons. The standard InChI is InChI=1S/C21H29FN4O3/c1-28-8-3-2-7-25-13-15(18-10-16(22)11-24-20(18)25)14-26(17-4-5-17)21(27)19-12-23-6-9-29-19/h10-11,13,17,19,23H,2-9,12,14H2,1H3/t19-/m1/s1. The van der Waals surface area contributed by atoms with E-state index in [2.05, 4.69) is 14.9 Å². The number of ether oxygens (including phenoxy) is 2. The Morgan fingerprint density at radius 1 is 1.45 bits per heavy atom. The summed E-state index contributed by atoms with van der Waals surface area (Å²) in [5, 5.41) is 4.00. The molecular formula is C21H29FN4O3. The second kappa shape index (κ2) is 9.19. The maximum atomic E-state index is 13.9. The number of nitrogens with one attached hydrogen (secondary N) is 1. The monoisotopic (exact) mass is 404 g/mol. The minimum atomic E-state index is -0.443. The molecule has 3 heterocycles. The number of fused-ring (bicyclic) bond motifs is 1. The maximum absolute atomic E-state index is 13.9. The number of aromatic nitrogens is 2. The van der Waals surface area contributed by atoms with Crippen LogP contribution in [0.15, 0.2) is 18.5 Å². The molecule has 2 aromatic heterocycles. The molecule has 2 aliphatic rings. The number of halogens is 1. The first-order valence-corrected chi connectivity index (χ1v) is 10.4.